The Morgan fingerprint density at radius 3 is 2.43 bits per heavy atom. The van der Waals surface area contributed by atoms with Crippen LogP contribution in [-0.4, -0.2) is 40.9 Å². The molecule has 2 aromatic carbocycles. The molecule has 5 rings (SSSR count). The zero-order chi connectivity index (χ0) is 20.3. The van der Waals surface area contributed by atoms with Gasteiger partial charge < -0.3 is 15.0 Å². The van der Waals surface area contributed by atoms with E-state index in [0.29, 0.717) is 11.5 Å². The normalized spacial score (nSPS) is 13.9. The molecule has 0 saturated carbocycles. The second-order valence-electron chi connectivity index (χ2n) is 7.08. The molecule has 0 amide bonds. The second-order valence-corrected chi connectivity index (χ2v) is 7.08. The molecule has 1 aliphatic rings. The Labute approximate surface area is 174 Å². The Morgan fingerprint density at radius 2 is 1.70 bits per heavy atom. The van der Waals surface area contributed by atoms with E-state index in [0.717, 1.165) is 48.9 Å². The van der Waals surface area contributed by atoms with E-state index in [1.165, 1.54) is 5.69 Å². The van der Waals surface area contributed by atoms with Gasteiger partial charge >= 0.3 is 0 Å². The molecule has 0 unspecified atom stereocenters. The fourth-order valence-electron chi connectivity index (χ4n) is 3.60. The Kier molecular flexibility index (Phi) is 4.75. The summed E-state index contributed by atoms with van der Waals surface area (Å²) in [6.45, 7) is 3.37. The van der Waals surface area contributed by atoms with E-state index in [2.05, 4.69) is 38.5 Å². The number of pyridine rings is 1. The maximum atomic E-state index is 9.01. The summed E-state index contributed by atoms with van der Waals surface area (Å²) in [4.78, 5) is 6.92. The van der Waals surface area contributed by atoms with Crippen molar-refractivity contribution in [2.45, 2.75) is 0 Å². The molecular weight excluding hydrogens is 376 g/mol. The van der Waals surface area contributed by atoms with E-state index < -0.39 is 0 Å². The van der Waals surface area contributed by atoms with Gasteiger partial charge in [0.1, 0.15) is 0 Å². The Balaban J connectivity index is 1.39. The second kappa shape index (κ2) is 7.85. The standard InChI is InChI=1S/C23H20N6O/c24-16-17-4-6-18(7-5-17)21-2-1-3-22-26-23(27-29(21)22)25-19-8-10-20(11-9-19)28-12-14-30-15-13-28/h1-11H,12-15H2,(H,25,27). The molecular formula is C23H20N6O. The maximum absolute atomic E-state index is 9.01. The first-order valence-electron chi connectivity index (χ1n) is 9.86. The Morgan fingerprint density at radius 1 is 0.933 bits per heavy atom. The minimum absolute atomic E-state index is 0.537. The van der Waals surface area contributed by atoms with E-state index in [1.807, 2.05) is 47.0 Å². The molecule has 148 valence electrons. The monoisotopic (exact) mass is 396 g/mol. The molecule has 3 heterocycles. The van der Waals surface area contributed by atoms with Crippen molar-refractivity contribution in [1.82, 2.24) is 14.6 Å². The highest BCUT2D eigenvalue weighted by Crippen LogP contribution is 2.24. The highest BCUT2D eigenvalue weighted by molar-refractivity contribution is 5.66. The van der Waals surface area contributed by atoms with Gasteiger partial charge in [-0.1, -0.05) is 18.2 Å². The van der Waals surface area contributed by atoms with Crippen molar-refractivity contribution < 1.29 is 4.74 Å². The zero-order valence-electron chi connectivity index (χ0n) is 16.3. The first kappa shape index (κ1) is 18.2. The van der Waals surface area contributed by atoms with Crippen molar-refractivity contribution in [2.24, 2.45) is 0 Å². The average Bonchev–Trinajstić information content (AvgIpc) is 3.23. The SMILES string of the molecule is N#Cc1ccc(-c2cccc3nc(Nc4ccc(N5CCOCC5)cc4)nn23)cc1. The lowest BCUT2D eigenvalue weighted by Crippen LogP contribution is -2.36. The fourth-order valence-corrected chi connectivity index (χ4v) is 3.60. The van der Waals surface area contributed by atoms with Gasteiger partial charge in [0.05, 0.1) is 30.5 Å². The minimum Gasteiger partial charge on any atom is -0.378 e. The summed E-state index contributed by atoms with van der Waals surface area (Å²) in [6.07, 6.45) is 0. The largest absolute Gasteiger partial charge is 0.378 e. The quantitative estimate of drug-likeness (QED) is 0.565. The minimum atomic E-state index is 0.537. The third kappa shape index (κ3) is 3.56. The highest BCUT2D eigenvalue weighted by Gasteiger charge is 2.12. The third-order valence-electron chi connectivity index (χ3n) is 5.17. The van der Waals surface area contributed by atoms with Gasteiger partial charge in [0.25, 0.3) is 0 Å². The smallest absolute Gasteiger partial charge is 0.247 e. The summed E-state index contributed by atoms with van der Waals surface area (Å²) < 4.78 is 7.23. The number of rotatable bonds is 4. The predicted molar refractivity (Wildman–Crippen MR) is 116 cm³/mol. The van der Waals surface area contributed by atoms with Crippen LogP contribution in [-0.2, 0) is 4.74 Å². The van der Waals surface area contributed by atoms with E-state index in [9.17, 15) is 0 Å². The van der Waals surface area contributed by atoms with Crippen LogP contribution in [0, 0.1) is 11.3 Å². The molecule has 0 aliphatic carbocycles. The first-order valence-corrected chi connectivity index (χ1v) is 9.86. The van der Waals surface area contributed by atoms with Gasteiger partial charge in [-0.05, 0) is 48.5 Å². The maximum Gasteiger partial charge on any atom is 0.247 e. The van der Waals surface area contributed by atoms with E-state index >= 15 is 0 Å². The number of ether oxygens (including phenoxy) is 1. The van der Waals surface area contributed by atoms with Crippen molar-refractivity contribution >= 4 is 23.0 Å². The van der Waals surface area contributed by atoms with Gasteiger partial charge in [0.2, 0.25) is 5.95 Å². The molecule has 2 aromatic heterocycles. The molecule has 1 aliphatic heterocycles. The summed E-state index contributed by atoms with van der Waals surface area (Å²) in [5.41, 5.74) is 5.40. The number of morpholine rings is 1. The summed E-state index contributed by atoms with van der Waals surface area (Å²) >= 11 is 0. The van der Waals surface area contributed by atoms with Crippen LogP contribution >= 0.6 is 0 Å². The fraction of sp³-hybridized carbons (Fsp3) is 0.174. The molecule has 0 atom stereocenters. The van der Waals surface area contributed by atoms with Crippen molar-refractivity contribution in [3.8, 4) is 17.3 Å². The van der Waals surface area contributed by atoms with Crippen LogP contribution in [0.15, 0.2) is 66.7 Å². The summed E-state index contributed by atoms with van der Waals surface area (Å²) in [5.74, 6) is 0.537. The van der Waals surface area contributed by atoms with Crippen molar-refractivity contribution in [1.29, 1.82) is 5.26 Å². The number of nitriles is 1. The molecule has 30 heavy (non-hydrogen) atoms. The zero-order valence-corrected chi connectivity index (χ0v) is 16.3. The topological polar surface area (TPSA) is 78.5 Å². The van der Waals surface area contributed by atoms with Gasteiger partial charge in [-0.2, -0.15) is 10.2 Å². The lowest BCUT2D eigenvalue weighted by Gasteiger charge is -2.28. The lowest BCUT2D eigenvalue weighted by atomic mass is 10.1. The Bertz CT molecular complexity index is 1200. The van der Waals surface area contributed by atoms with Crippen molar-refractivity contribution in [3.05, 3.63) is 72.3 Å². The molecule has 1 fully saturated rings. The van der Waals surface area contributed by atoms with Gasteiger partial charge in [-0.15, -0.1) is 5.10 Å². The van der Waals surface area contributed by atoms with Crippen LogP contribution in [0.1, 0.15) is 5.56 Å². The number of nitrogens with one attached hydrogen (secondary N) is 1. The van der Waals surface area contributed by atoms with E-state index in [4.69, 9.17) is 10.00 Å². The van der Waals surface area contributed by atoms with E-state index in [-0.39, 0.29) is 0 Å². The molecule has 1 saturated heterocycles. The van der Waals surface area contributed by atoms with Crippen LogP contribution in [0.2, 0.25) is 0 Å². The van der Waals surface area contributed by atoms with Crippen LogP contribution in [0.5, 0.6) is 0 Å². The summed E-state index contributed by atoms with van der Waals surface area (Å²) in [5, 5.41) is 16.9. The van der Waals surface area contributed by atoms with Crippen molar-refractivity contribution in [3.63, 3.8) is 0 Å². The van der Waals surface area contributed by atoms with Gasteiger partial charge in [0.15, 0.2) is 5.65 Å². The lowest BCUT2D eigenvalue weighted by molar-refractivity contribution is 0.122. The molecule has 0 bridgehead atoms. The third-order valence-corrected chi connectivity index (χ3v) is 5.17. The van der Waals surface area contributed by atoms with E-state index in [1.54, 1.807) is 12.1 Å². The van der Waals surface area contributed by atoms with Crippen LogP contribution in [0.4, 0.5) is 17.3 Å². The predicted octanol–water partition coefficient (Wildman–Crippen LogP) is 3.85. The number of hydrogen-bond donors (Lipinski definition) is 1. The highest BCUT2D eigenvalue weighted by atomic mass is 16.5. The average molecular weight is 396 g/mol. The number of anilines is 3. The van der Waals surface area contributed by atoms with Crippen molar-refractivity contribution in [2.75, 3.05) is 36.5 Å². The number of benzene rings is 2. The van der Waals surface area contributed by atoms with Crippen LogP contribution < -0.4 is 10.2 Å². The summed E-state index contributed by atoms with van der Waals surface area (Å²) in [7, 11) is 0. The summed E-state index contributed by atoms with van der Waals surface area (Å²) in [6, 6.07) is 23.8. The van der Waals surface area contributed by atoms with Gasteiger partial charge in [0, 0.05) is 30.0 Å². The van der Waals surface area contributed by atoms with Gasteiger partial charge in [-0.25, -0.2) is 4.52 Å². The molecule has 4 aromatic rings. The molecule has 0 radical (unpaired) electrons. The molecule has 1 N–H and O–H groups in total. The van der Waals surface area contributed by atoms with Crippen LogP contribution in [0.3, 0.4) is 0 Å². The molecule has 7 heteroatoms. The Hall–Kier alpha value is -3.89. The number of fused-ring (bicyclic) bond motifs is 1. The first-order chi connectivity index (χ1) is 14.8. The molecule has 0 spiro atoms. The number of hydrogen-bond acceptors (Lipinski definition) is 6. The van der Waals surface area contributed by atoms with Gasteiger partial charge in [-0.3, -0.25) is 0 Å². The number of aromatic nitrogens is 3. The van der Waals surface area contributed by atoms with Crippen LogP contribution in [0.25, 0.3) is 16.9 Å². The molecule has 7 nitrogen and oxygen atoms in total. The number of nitrogens with zero attached hydrogens (tertiary/aromatic N) is 5.